The molecule has 2 nitrogen and oxygen atoms in total. The molecule has 1 unspecified atom stereocenters. The standard InChI is InChI=1S/C15H24ClFN2/c1-6-9-18-14(15(2,3)19(4)5)12-8-7-11(16)10-13(12)17/h7-8,10,14,18H,6,9H2,1-5H3. The van der Waals surface area contributed by atoms with Crippen LogP contribution in [-0.4, -0.2) is 31.1 Å². The van der Waals surface area contributed by atoms with E-state index < -0.39 is 0 Å². The Morgan fingerprint density at radius 2 is 2.00 bits per heavy atom. The van der Waals surface area contributed by atoms with Crippen molar-refractivity contribution in [2.24, 2.45) is 0 Å². The highest BCUT2D eigenvalue weighted by atomic mass is 35.5. The highest BCUT2D eigenvalue weighted by Crippen LogP contribution is 2.32. The van der Waals surface area contributed by atoms with E-state index in [1.807, 2.05) is 14.1 Å². The number of hydrogen-bond acceptors (Lipinski definition) is 2. The molecule has 1 N–H and O–H groups in total. The zero-order valence-corrected chi connectivity index (χ0v) is 13.2. The number of likely N-dealkylation sites (N-methyl/N-ethyl adjacent to an activating group) is 1. The number of halogens is 2. The topological polar surface area (TPSA) is 15.3 Å². The lowest BCUT2D eigenvalue weighted by molar-refractivity contribution is 0.136. The summed E-state index contributed by atoms with van der Waals surface area (Å²) in [4.78, 5) is 2.11. The van der Waals surface area contributed by atoms with E-state index in [0.29, 0.717) is 10.6 Å². The molecule has 0 heterocycles. The van der Waals surface area contributed by atoms with E-state index in [1.54, 1.807) is 12.1 Å². The minimum Gasteiger partial charge on any atom is -0.308 e. The average Bonchev–Trinajstić information content (AvgIpc) is 2.31. The Kier molecular flexibility index (Phi) is 5.78. The van der Waals surface area contributed by atoms with Crippen LogP contribution in [0.3, 0.4) is 0 Å². The molecule has 0 saturated heterocycles. The zero-order valence-electron chi connectivity index (χ0n) is 12.4. The van der Waals surface area contributed by atoms with Gasteiger partial charge in [0.1, 0.15) is 5.82 Å². The molecule has 108 valence electrons. The average molecular weight is 287 g/mol. The lowest BCUT2D eigenvalue weighted by Gasteiger charge is -2.41. The highest BCUT2D eigenvalue weighted by Gasteiger charge is 2.34. The van der Waals surface area contributed by atoms with Crippen molar-refractivity contribution in [1.29, 1.82) is 0 Å². The minimum absolute atomic E-state index is 0.0836. The van der Waals surface area contributed by atoms with Crippen LogP contribution in [-0.2, 0) is 0 Å². The van der Waals surface area contributed by atoms with Gasteiger partial charge in [0, 0.05) is 16.1 Å². The second-order valence-corrected chi connectivity index (χ2v) is 6.04. The first-order valence-corrected chi connectivity index (χ1v) is 7.04. The summed E-state index contributed by atoms with van der Waals surface area (Å²) in [6.45, 7) is 7.16. The van der Waals surface area contributed by atoms with E-state index >= 15 is 0 Å². The Bertz CT molecular complexity index is 419. The third-order valence-corrected chi connectivity index (χ3v) is 3.97. The first-order chi connectivity index (χ1) is 8.80. The Hall–Kier alpha value is -0.640. The van der Waals surface area contributed by atoms with E-state index in [4.69, 9.17) is 11.6 Å². The highest BCUT2D eigenvalue weighted by molar-refractivity contribution is 6.30. The molecule has 0 radical (unpaired) electrons. The predicted octanol–water partition coefficient (Wildman–Crippen LogP) is 3.86. The molecule has 4 heteroatoms. The normalized spacial score (nSPS) is 13.9. The zero-order chi connectivity index (χ0) is 14.6. The van der Waals surface area contributed by atoms with Crippen molar-refractivity contribution < 1.29 is 4.39 Å². The second-order valence-electron chi connectivity index (χ2n) is 5.60. The Morgan fingerprint density at radius 1 is 1.37 bits per heavy atom. The summed E-state index contributed by atoms with van der Waals surface area (Å²) in [6.07, 6.45) is 1.01. The van der Waals surface area contributed by atoms with Gasteiger partial charge in [-0.2, -0.15) is 0 Å². The molecule has 0 saturated carbocycles. The third-order valence-electron chi connectivity index (χ3n) is 3.73. The van der Waals surface area contributed by atoms with Crippen LogP contribution in [0.25, 0.3) is 0 Å². The molecule has 1 aromatic rings. The van der Waals surface area contributed by atoms with Gasteiger partial charge in [0.05, 0.1) is 6.04 Å². The fourth-order valence-electron chi connectivity index (χ4n) is 2.02. The molecule has 0 amide bonds. The summed E-state index contributed by atoms with van der Waals surface area (Å²) in [5, 5.41) is 3.87. The fourth-order valence-corrected chi connectivity index (χ4v) is 2.18. The van der Waals surface area contributed by atoms with Crippen molar-refractivity contribution in [3.63, 3.8) is 0 Å². The van der Waals surface area contributed by atoms with Gasteiger partial charge in [0.25, 0.3) is 0 Å². The van der Waals surface area contributed by atoms with Gasteiger partial charge in [-0.1, -0.05) is 24.6 Å². The molecule has 1 atom stereocenters. The lowest BCUT2D eigenvalue weighted by Crippen LogP contribution is -2.49. The first kappa shape index (κ1) is 16.4. The predicted molar refractivity (Wildman–Crippen MR) is 80.2 cm³/mol. The van der Waals surface area contributed by atoms with Crippen LogP contribution in [0, 0.1) is 5.82 Å². The van der Waals surface area contributed by atoms with Crippen molar-refractivity contribution in [3.8, 4) is 0 Å². The Balaban J connectivity index is 3.16. The first-order valence-electron chi connectivity index (χ1n) is 6.66. The maximum absolute atomic E-state index is 14.2. The van der Waals surface area contributed by atoms with Gasteiger partial charge in [0.15, 0.2) is 0 Å². The molecule has 0 aliphatic carbocycles. The molecule has 1 rings (SSSR count). The van der Waals surface area contributed by atoms with Gasteiger partial charge in [-0.25, -0.2) is 4.39 Å². The monoisotopic (exact) mass is 286 g/mol. The van der Waals surface area contributed by atoms with Crippen molar-refractivity contribution in [1.82, 2.24) is 10.2 Å². The van der Waals surface area contributed by atoms with E-state index in [2.05, 4.69) is 31.0 Å². The molecular weight excluding hydrogens is 263 g/mol. The Labute approximate surface area is 120 Å². The number of nitrogens with one attached hydrogen (secondary N) is 1. The Morgan fingerprint density at radius 3 is 2.47 bits per heavy atom. The van der Waals surface area contributed by atoms with E-state index in [-0.39, 0.29) is 17.4 Å². The summed E-state index contributed by atoms with van der Waals surface area (Å²) >= 11 is 5.83. The summed E-state index contributed by atoms with van der Waals surface area (Å²) in [5.74, 6) is -0.254. The number of benzene rings is 1. The molecule has 0 fully saturated rings. The molecule has 0 aliphatic heterocycles. The summed E-state index contributed by atoms with van der Waals surface area (Å²) < 4.78 is 14.2. The van der Waals surface area contributed by atoms with Crippen LogP contribution in [0.5, 0.6) is 0 Å². The molecule has 19 heavy (non-hydrogen) atoms. The second kappa shape index (κ2) is 6.69. The maximum Gasteiger partial charge on any atom is 0.129 e. The van der Waals surface area contributed by atoms with Gasteiger partial charge in [-0.3, -0.25) is 0 Å². The SMILES string of the molecule is CCCNC(c1ccc(Cl)cc1F)C(C)(C)N(C)C. The largest absolute Gasteiger partial charge is 0.308 e. The van der Waals surface area contributed by atoms with Crippen molar-refractivity contribution >= 4 is 11.6 Å². The number of rotatable bonds is 6. The van der Waals surface area contributed by atoms with Crippen LogP contribution in [0.2, 0.25) is 5.02 Å². The van der Waals surface area contributed by atoms with Gasteiger partial charge < -0.3 is 10.2 Å². The third kappa shape index (κ3) is 3.91. The number of hydrogen-bond donors (Lipinski definition) is 1. The molecule has 0 aliphatic rings. The summed E-state index contributed by atoms with van der Waals surface area (Å²) in [7, 11) is 4.02. The fraction of sp³-hybridized carbons (Fsp3) is 0.600. The molecular formula is C15H24ClFN2. The molecule has 1 aromatic carbocycles. The summed E-state index contributed by atoms with van der Waals surface area (Å²) in [6, 6.07) is 4.81. The minimum atomic E-state index is -0.254. The summed E-state index contributed by atoms with van der Waals surface area (Å²) in [5.41, 5.74) is 0.459. The van der Waals surface area contributed by atoms with Crippen LogP contribution in [0.4, 0.5) is 4.39 Å². The lowest BCUT2D eigenvalue weighted by atomic mass is 9.87. The van der Waals surface area contributed by atoms with Crippen molar-refractivity contribution in [2.75, 3.05) is 20.6 Å². The van der Waals surface area contributed by atoms with E-state index in [0.717, 1.165) is 13.0 Å². The number of nitrogens with zero attached hydrogens (tertiary/aromatic N) is 1. The smallest absolute Gasteiger partial charge is 0.129 e. The van der Waals surface area contributed by atoms with Crippen LogP contribution in [0.15, 0.2) is 18.2 Å². The van der Waals surface area contributed by atoms with Gasteiger partial charge in [-0.15, -0.1) is 0 Å². The van der Waals surface area contributed by atoms with Crippen LogP contribution >= 0.6 is 11.6 Å². The van der Waals surface area contributed by atoms with Crippen molar-refractivity contribution in [3.05, 3.63) is 34.6 Å². The van der Waals surface area contributed by atoms with Gasteiger partial charge in [-0.05, 0) is 53.0 Å². The molecule has 0 aromatic heterocycles. The molecule has 0 spiro atoms. The van der Waals surface area contributed by atoms with E-state index in [9.17, 15) is 4.39 Å². The van der Waals surface area contributed by atoms with Gasteiger partial charge in [0.2, 0.25) is 0 Å². The van der Waals surface area contributed by atoms with Crippen LogP contribution in [0.1, 0.15) is 38.8 Å². The quantitative estimate of drug-likeness (QED) is 0.854. The van der Waals surface area contributed by atoms with Gasteiger partial charge >= 0.3 is 0 Å². The van der Waals surface area contributed by atoms with E-state index in [1.165, 1.54) is 6.07 Å². The molecule has 0 bridgehead atoms. The maximum atomic E-state index is 14.2. The van der Waals surface area contributed by atoms with Crippen molar-refractivity contribution in [2.45, 2.75) is 38.8 Å². The van der Waals surface area contributed by atoms with Crippen LogP contribution < -0.4 is 5.32 Å².